The Hall–Kier alpha value is -2.93. The summed E-state index contributed by atoms with van der Waals surface area (Å²) in [7, 11) is 1.97. The van der Waals surface area contributed by atoms with Gasteiger partial charge < -0.3 is 4.42 Å². The highest BCUT2D eigenvalue weighted by atomic mass is 16.3. The topological polar surface area (TPSA) is 64.4 Å². The molecule has 0 saturated carbocycles. The summed E-state index contributed by atoms with van der Waals surface area (Å²) < 4.78 is 9.42. The van der Waals surface area contributed by atoms with E-state index >= 15 is 0 Å². The molecule has 0 aliphatic carbocycles. The lowest BCUT2D eigenvalue weighted by atomic mass is 9.98. The lowest BCUT2D eigenvalue weighted by Crippen LogP contribution is -2.38. The molecular weight excluding hydrogens is 340 g/mol. The minimum Gasteiger partial charge on any atom is -0.463 e. The van der Waals surface area contributed by atoms with E-state index in [0.717, 1.165) is 30.1 Å². The summed E-state index contributed by atoms with van der Waals surface area (Å²) in [6.45, 7) is 0.942. The first kappa shape index (κ1) is 15.2. The van der Waals surface area contributed by atoms with Gasteiger partial charge in [-0.15, -0.1) is 0 Å². The number of aryl methyl sites for hydroxylation is 1. The van der Waals surface area contributed by atoms with Crippen LogP contribution in [0.3, 0.4) is 0 Å². The summed E-state index contributed by atoms with van der Waals surface area (Å²) in [6, 6.07) is 6.78. The van der Waals surface area contributed by atoms with Crippen molar-refractivity contribution in [2.24, 2.45) is 7.05 Å². The fourth-order valence-corrected chi connectivity index (χ4v) is 4.74. The Morgan fingerprint density at radius 2 is 2.22 bits per heavy atom. The molecule has 2 aliphatic rings. The van der Waals surface area contributed by atoms with Gasteiger partial charge in [-0.1, -0.05) is 0 Å². The molecule has 6 rings (SSSR count). The number of furan rings is 1. The third-order valence-corrected chi connectivity index (χ3v) is 5.94. The molecular formula is C20H20N6O. The van der Waals surface area contributed by atoms with Gasteiger partial charge in [0, 0.05) is 61.7 Å². The van der Waals surface area contributed by atoms with E-state index in [9.17, 15) is 0 Å². The molecule has 0 unspecified atom stereocenters. The van der Waals surface area contributed by atoms with Crippen molar-refractivity contribution in [1.82, 2.24) is 29.3 Å². The van der Waals surface area contributed by atoms with Gasteiger partial charge in [-0.05, 0) is 25.0 Å². The molecule has 7 nitrogen and oxygen atoms in total. The lowest BCUT2D eigenvalue weighted by molar-refractivity contribution is 0.165. The number of hydrogen-bond acceptors (Lipinski definition) is 5. The molecule has 6 heterocycles. The summed E-state index contributed by atoms with van der Waals surface area (Å²) in [5.41, 5.74) is 5.61. The Morgan fingerprint density at radius 1 is 1.26 bits per heavy atom. The van der Waals surface area contributed by atoms with Gasteiger partial charge in [0.15, 0.2) is 11.4 Å². The molecule has 0 radical (unpaired) electrons. The molecule has 0 aromatic carbocycles. The van der Waals surface area contributed by atoms with Crippen molar-refractivity contribution in [3.8, 4) is 11.5 Å². The van der Waals surface area contributed by atoms with Crippen molar-refractivity contribution in [1.29, 1.82) is 0 Å². The third kappa shape index (κ3) is 2.28. The average molecular weight is 360 g/mol. The maximum absolute atomic E-state index is 5.51. The molecule has 2 bridgehead atoms. The van der Waals surface area contributed by atoms with Crippen LogP contribution >= 0.6 is 0 Å². The zero-order chi connectivity index (χ0) is 18.0. The van der Waals surface area contributed by atoms with Crippen molar-refractivity contribution in [2.75, 3.05) is 0 Å². The van der Waals surface area contributed by atoms with E-state index in [1.807, 2.05) is 40.6 Å². The first-order valence-electron chi connectivity index (χ1n) is 9.41. The molecule has 27 heavy (non-hydrogen) atoms. The van der Waals surface area contributed by atoms with E-state index in [0.29, 0.717) is 12.1 Å². The van der Waals surface area contributed by atoms with Gasteiger partial charge in [0.1, 0.15) is 5.69 Å². The first-order chi connectivity index (χ1) is 13.3. The largest absolute Gasteiger partial charge is 0.463 e. The fraction of sp³-hybridized carbons (Fsp3) is 0.350. The van der Waals surface area contributed by atoms with E-state index in [1.54, 1.807) is 6.26 Å². The monoisotopic (exact) mass is 360 g/mol. The van der Waals surface area contributed by atoms with Crippen LogP contribution in [0.1, 0.15) is 35.7 Å². The molecule has 2 atom stereocenters. The quantitative estimate of drug-likeness (QED) is 0.562. The second kappa shape index (κ2) is 5.53. The first-order valence-corrected chi connectivity index (χ1v) is 9.41. The van der Waals surface area contributed by atoms with E-state index in [-0.39, 0.29) is 0 Å². The van der Waals surface area contributed by atoms with E-state index in [4.69, 9.17) is 14.5 Å². The Labute approximate surface area is 156 Å². The zero-order valence-corrected chi connectivity index (χ0v) is 15.1. The van der Waals surface area contributed by atoms with Gasteiger partial charge in [0.25, 0.3) is 0 Å². The van der Waals surface area contributed by atoms with Crippen LogP contribution in [0.25, 0.3) is 17.1 Å². The standard InChI is InChI=1S/C20H20N6O/c1-24-11-13(9-22-24)12-25-14-4-5-17(25)15-10-21-20-8-16(19-3-2-6-27-19)23-26(20)18(15)7-14/h2-3,6,8-11,14,17H,4-5,7,12H2,1H3/t14-,17+/m0/s1. The molecule has 0 N–H and O–H groups in total. The molecule has 4 aromatic heterocycles. The molecule has 0 spiro atoms. The number of nitrogens with zero attached hydrogens (tertiary/aromatic N) is 6. The molecule has 2 aliphatic heterocycles. The SMILES string of the molecule is Cn1cc(CN2[C@H]3CC[C@@H]2c2cnc4cc(-c5ccco5)nn4c2C3)cn1. The van der Waals surface area contributed by atoms with E-state index in [2.05, 4.69) is 22.4 Å². The highest BCUT2D eigenvalue weighted by molar-refractivity contribution is 5.59. The minimum absolute atomic E-state index is 0.409. The van der Waals surface area contributed by atoms with Crippen molar-refractivity contribution in [2.45, 2.75) is 37.9 Å². The van der Waals surface area contributed by atoms with Crippen LogP contribution in [0.15, 0.2) is 47.5 Å². The Morgan fingerprint density at radius 3 is 3.04 bits per heavy atom. The van der Waals surface area contributed by atoms with Crippen molar-refractivity contribution in [3.63, 3.8) is 0 Å². The summed E-state index contributed by atoms with van der Waals surface area (Å²) in [5, 5.41) is 9.13. The van der Waals surface area contributed by atoms with Crippen LogP contribution in [0, 0.1) is 0 Å². The van der Waals surface area contributed by atoms with Gasteiger partial charge >= 0.3 is 0 Å². The van der Waals surface area contributed by atoms with Crippen LogP contribution < -0.4 is 0 Å². The van der Waals surface area contributed by atoms with Gasteiger partial charge in [-0.3, -0.25) is 9.58 Å². The highest BCUT2D eigenvalue weighted by Crippen LogP contribution is 2.44. The van der Waals surface area contributed by atoms with Gasteiger partial charge in [-0.2, -0.15) is 10.2 Å². The average Bonchev–Trinajstić information content (AvgIpc) is 3.43. The number of fused-ring (bicyclic) bond motifs is 6. The molecule has 1 saturated heterocycles. The summed E-state index contributed by atoms with van der Waals surface area (Å²) in [4.78, 5) is 7.32. The number of rotatable bonds is 3. The molecule has 136 valence electrons. The van der Waals surface area contributed by atoms with E-state index in [1.165, 1.54) is 29.7 Å². The predicted molar refractivity (Wildman–Crippen MR) is 98.9 cm³/mol. The lowest BCUT2D eigenvalue weighted by Gasteiger charge is -2.35. The predicted octanol–water partition coefficient (Wildman–Crippen LogP) is 2.98. The molecule has 1 fully saturated rings. The minimum atomic E-state index is 0.409. The smallest absolute Gasteiger partial charge is 0.155 e. The van der Waals surface area contributed by atoms with Gasteiger partial charge in [-0.25, -0.2) is 9.50 Å². The highest BCUT2D eigenvalue weighted by Gasteiger charge is 2.41. The van der Waals surface area contributed by atoms with E-state index < -0.39 is 0 Å². The summed E-state index contributed by atoms with van der Waals surface area (Å²) in [6.07, 6.45) is 11.2. The van der Waals surface area contributed by atoms with Crippen LogP contribution in [-0.2, 0) is 20.0 Å². The maximum Gasteiger partial charge on any atom is 0.155 e. The Bertz CT molecular complexity index is 1120. The zero-order valence-electron chi connectivity index (χ0n) is 15.1. The van der Waals surface area contributed by atoms with Crippen LogP contribution in [0.5, 0.6) is 0 Å². The van der Waals surface area contributed by atoms with Gasteiger partial charge in [0.05, 0.1) is 18.2 Å². The van der Waals surface area contributed by atoms with Crippen molar-refractivity contribution >= 4 is 5.65 Å². The normalized spacial score (nSPS) is 21.8. The van der Waals surface area contributed by atoms with Crippen LogP contribution in [0.2, 0.25) is 0 Å². The number of hydrogen-bond donors (Lipinski definition) is 0. The molecule has 0 amide bonds. The molecule has 4 aromatic rings. The second-order valence-electron chi connectivity index (χ2n) is 7.58. The van der Waals surface area contributed by atoms with Crippen LogP contribution in [-0.4, -0.2) is 35.3 Å². The summed E-state index contributed by atoms with van der Waals surface area (Å²) >= 11 is 0. The molecule has 7 heteroatoms. The Kier molecular flexibility index (Phi) is 3.11. The third-order valence-electron chi connectivity index (χ3n) is 5.94. The van der Waals surface area contributed by atoms with Crippen molar-refractivity contribution in [3.05, 3.63) is 59.9 Å². The second-order valence-corrected chi connectivity index (χ2v) is 7.58. The van der Waals surface area contributed by atoms with Crippen LogP contribution in [0.4, 0.5) is 0 Å². The van der Waals surface area contributed by atoms with Gasteiger partial charge in [0.2, 0.25) is 0 Å². The maximum atomic E-state index is 5.51. The van der Waals surface area contributed by atoms with Crippen molar-refractivity contribution < 1.29 is 4.42 Å². The summed E-state index contributed by atoms with van der Waals surface area (Å²) in [5.74, 6) is 0.784. The fourth-order valence-electron chi connectivity index (χ4n) is 4.74. The number of aromatic nitrogens is 5. The Balaban J connectivity index is 1.41.